The Morgan fingerprint density at radius 2 is 2.29 bits per heavy atom. The Hall–Kier alpha value is -0.980. The summed E-state index contributed by atoms with van der Waals surface area (Å²) >= 11 is 3.06. The van der Waals surface area contributed by atoms with Gasteiger partial charge in [-0.15, -0.1) is 0 Å². The van der Waals surface area contributed by atoms with E-state index in [1.807, 2.05) is 0 Å². The zero-order valence-electron chi connectivity index (χ0n) is 7.18. The van der Waals surface area contributed by atoms with E-state index in [9.17, 15) is 10.1 Å². The number of hydrogen-bond donors (Lipinski definition) is 2. The van der Waals surface area contributed by atoms with Crippen LogP contribution in [0, 0.1) is 10.1 Å². The Labute approximate surface area is 88.8 Å². The van der Waals surface area contributed by atoms with E-state index in [1.54, 1.807) is 12.1 Å². The molecule has 14 heavy (non-hydrogen) atoms. The molecule has 0 aliphatic heterocycles. The topological polar surface area (TPSA) is 89.4 Å². The van der Waals surface area contributed by atoms with Crippen LogP contribution in [0.2, 0.25) is 0 Å². The Morgan fingerprint density at radius 3 is 2.79 bits per heavy atom. The van der Waals surface area contributed by atoms with Crippen molar-refractivity contribution in [3.8, 4) is 0 Å². The summed E-state index contributed by atoms with van der Waals surface area (Å²) in [7, 11) is 0. The first-order valence-electron chi connectivity index (χ1n) is 3.86. The van der Waals surface area contributed by atoms with Crippen molar-refractivity contribution in [3.05, 3.63) is 38.3 Å². The van der Waals surface area contributed by atoms with Gasteiger partial charge in [-0.3, -0.25) is 10.1 Å². The summed E-state index contributed by atoms with van der Waals surface area (Å²) in [6.07, 6.45) is 0. The van der Waals surface area contributed by atoms with Crippen LogP contribution < -0.4 is 5.73 Å². The number of aliphatic hydroxyl groups excluding tert-OH is 1. The standard InChI is InChI=1S/C8H9BrN2O3/c9-6-2-1-5(7(10)4-12)3-8(6)11(13)14/h1-3,7,12H,4,10H2/t7-/m1/s1. The van der Waals surface area contributed by atoms with Crippen LogP contribution in [0.1, 0.15) is 11.6 Å². The minimum absolute atomic E-state index is 0.0496. The van der Waals surface area contributed by atoms with Gasteiger partial charge in [0.05, 0.1) is 22.0 Å². The summed E-state index contributed by atoms with van der Waals surface area (Å²) in [6.45, 7) is -0.237. The van der Waals surface area contributed by atoms with Gasteiger partial charge in [-0.05, 0) is 27.6 Å². The minimum Gasteiger partial charge on any atom is -0.394 e. The summed E-state index contributed by atoms with van der Waals surface area (Å²) in [5, 5.41) is 19.3. The van der Waals surface area contributed by atoms with Crippen molar-refractivity contribution in [2.45, 2.75) is 6.04 Å². The fourth-order valence-electron chi connectivity index (χ4n) is 1.01. The highest BCUT2D eigenvalue weighted by molar-refractivity contribution is 9.10. The van der Waals surface area contributed by atoms with Gasteiger partial charge >= 0.3 is 0 Å². The SMILES string of the molecule is N[C@H](CO)c1ccc(Br)c([N+](=O)[O-])c1. The highest BCUT2D eigenvalue weighted by atomic mass is 79.9. The average Bonchev–Trinajstić information content (AvgIpc) is 2.17. The summed E-state index contributed by atoms with van der Waals surface area (Å²) in [6, 6.07) is 3.95. The number of nitrogens with zero attached hydrogens (tertiary/aromatic N) is 1. The fourth-order valence-corrected chi connectivity index (χ4v) is 1.40. The summed E-state index contributed by atoms with van der Waals surface area (Å²) in [4.78, 5) is 10.1. The lowest BCUT2D eigenvalue weighted by molar-refractivity contribution is -0.385. The molecule has 0 amide bonds. The van der Waals surface area contributed by atoms with Crippen LogP contribution in [0.25, 0.3) is 0 Å². The normalized spacial score (nSPS) is 12.5. The molecule has 6 heteroatoms. The van der Waals surface area contributed by atoms with Crippen molar-refractivity contribution in [2.24, 2.45) is 5.73 Å². The third-order valence-electron chi connectivity index (χ3n) is 1.79. The second-order valence-corrected chi connectivity index (χ2v) is 3.61. The lowest BCUT2D eigenvalue weighted by atomic mass is 10.1. The van der Waals surface area contributed by atoms with E-state index in [0.29, 0.717) is 10.0 Å². The van der Waals surface area contributed by atoms with Gasteiger partial charge in [-0.2, -0.15) is 0 Å². The molecule has 0 fully saturated rings. The molecule has 76 valence electrons. The van der Waals surface area contributed by atoms with E-state index < -0.39 is 11.0 Å². The van der Waals surface area contributed by atoms with Gasteiger partial charge in [-0.25, -0.2) is 0 Å². The lowest BCUT2D eigenvalue weighted by Crippen LogP contribution is -2.14. The van der Waals surface area contributed by atoms with Gasteiger partial charge in [0.2, 0.25) is 0 Å². The molecule has 0 spiro atoms. The zero-order chi connectivity index (χ0) is 10.7. The van der Waals surface area contributed by atoms with Crippen LogP contribution in [0.3, 0.4) is 0 Å². The average molecular weight is 261 g/mol. The molecule has 0 saturated heterocycles. The van der Waals surface area contributed by atoms with Crippen LogP contribution in [-0.4, -0.2) is 16.6 Å². The molecule has 1 aromatic rings. The van der Waals surface area contributed by atoms with Gasteiger partial charge in [-0.1, -0.05) is 6.07 Å². The first-order chi connectivity index (χ1) is 6.56. The lowest BCUT2D eigenvalue weighted by Gasteiger charge is -2.08. The van der Waals surface area contributed by atoms with Crippen LogP contribution in [0.5, 0.6) is 0 Å². The van der Waals surface area contributed by atoms with Crippen LogP contribution >= 0.6 is 15.9 Å². The number of benzene rings is 1. The first kappa shape index (κ1) is 11.1. The van der Waals surface area contributed by atoms with E-state index in [-0.39, 0.29) is 12.3 Å². The molecule has 3 N–H and O–H groups in total. The van der Waals surface area contributed by atoms with Gasteiger partial charge < -0.3 is 10.8 Å². The van der Waals surface area contributed by atoms with Crippen molar-refractivity contribution >= 4 is 21.6 Å². The quantitative estimate of drug-likeness (QED) is 0.634. The van der Waals surface area contributed by atoms with Crippen LogP contribution in [0.4, 0.5) is 5.69 Å². The molecule has 0 saturated carbocycles. The van der Waals surface area contributed by atoms with Crippen LogP contribution in [-0.2, 0) is 0 Å². The van der Waals surface area contributed by atoms with E-state index >= 15 is 0 Å². The number of nitro benzene ring substituents is 1. The monoisotopic (exact) mass is 260 g/mol. The van der Waals surface area contributed by atoms with E-state index in [4.69, 9.17) is 10.8 Å². The third-order valence-corrected chi connectivity index (χ3v) is 2.46. The first-order valence-corrected chi connectivity index (χ1v) is 4.66. The predicted molar refractivity (Wildman–Crippen MR) is 54.8 cm³/mol. The van der Waals surface area contributed by atoms with Gasteiger partial charge in [0, 0.05) is 6.07 Å². The van der Waals surface area contributed by atoms with Crippen molar-refractivity contribution in [1.82, 2.24) is 0 Å². The second kappa shape index (κ2) is 4.50. The molecule has 1 rings (SSSR count). The zero-order valence-corrected chi connectivity index (χ0v) is 8.77. The Balaban J connectivity index is 3.12. The van der Waals surface area contributed by atoms with E-state index in [1.165, 1.54) is 6.07 Å². The highest BCUT2D eigenvalue weighted by Gasteiger charge is 2.14. The molecule has 1 aromatic carbocycles. The second-order valence-electron chi connectivity index (χ2n) is 2.76. The van der Waals surface area contributed by atoms with E-state index in [0.717, 1.165) is 0 Å². The fraction of sp³-hybridized carbons (Fsp3) is 0.250. The van der Waals surface area contributed by atoms with Gasteiger partial charge in [0.25, 0.3) is 5.69 Å². The van der Waals surface area contributed by atoms with Gasteiger partial charge in [0.15, 0.2) is 0 Å². The Kier molecular flexibility index (Phi) is 3.56. The van der Waals surface area contributed by atoms with Crippen molar-refractivity contribution in [3.63, 3.8) is 0 Å². The number of aliphatic hydroxyl groups is 1. The Morgan fingerprint density at radius 1 is 1.64 bits per heavy atom. The molecule has 0 aromatic heterocycles. The maximum atomic E-state index is 10.6. The Bertz CT molecular complexity index is 356. The smallest absolute Gasteiger partial charge is 0.283 e. The van der Waals surface area contributed by atoms with Crippen molar-refractivity contribution in [2.75, 3.05) is 6.61 Å². The summed E-state index contributed by atoms with van der Waals surface area (Å²) < 4.78 is 0.399. The highest BCUT2D eigenvalue weighted by Crippen LogP contribution is 2.27. The maximum Gasteiger partial charge on any atom is 0.283 e. The van der Waals surface area contributed by atoms with E-state index in [2.05, 4.69) is 15.9 Å². The number of nitro groups is 1. The number of rotatable bonds is 3. The molecule has 0 radical (unpaired) electrons. The molecule has 0 aliphatic carbocycles. The van der Waals surface area contributed by atoms with Gasteiger partial charge in [0.1, 0.15) is 0 Å². The molecule has 1 atom stereocenters. The number of hydrogen-bond acceptors (Lipinski definition) is 4. The molecular weight excluding hydrogens is 252 g/mol. The number of halogens is 1. The summed E-state index contributed by atoms with van der Waals surface area (Å²) in [5.41, 5.74) is 6.02. The maximum absolute atomic E-state index is 10.6. The summed E-state index contributed by atoms with van der Waals surface area (Å²) in [5.74, 6) is 0. The molecule has 0 bridgehead atoms. The number of nitrogens with two attached hydrogens (primary N) is 1. The molecule has 0 aliphatic rings. The molecule has 0 unspecified atom stereocenters. The molecule has 0 heterocycles. The van der Waals surface area contributed by atoms with Crippen molar-refractivity contribution in [1.29, 1.82) is 0 Å². The molecular formula is C8H9BrN2O3. The minimum atomic E-state index is -0.582. The van der Waals surface area contributed by atoms with Crippen LogP contribution in [0.15, 0.2) is 22.7 Å². The third kappa shape index (κ3) is 2.28. The molecule has 5 nitrogen and oxygen atoms in total. The van der Waals surface area contributed by atoms with Crippen molar-refractivity contribution < 1.29 is 10.0 Å². The largest absolute Gasteiger partial charge is 0.394 e. The predicted octanol–water partition coefficient (Wildman–Crippen LogP) is 1.35.